The molecule has 1 amide bonds. The molecule has 4 rings (SSSR count). The van der Waals surface area contributed by atoms with Gasteiger partial charge in [-0.2, -0.15) is 0 Å². The summed E-state index contributed by atoms with van der Waals surface area (Å²) >= 11 is 0. The lowest BCUT2D eigenvalue weighted by atomic mass is 9.85. The van der Waals surface area contributed by atoms with Crippen LogP contribution in [-0.4, -0.2) is 11.0 Å². The Morgan fingerprint density at radius 1 is 1.21 bits per heavy atom. The maximum Gasteiger partial charge on any atom is 0.343 e. The maximum atomic E-state index is 13.0. The molecule has 0 saturated heterocycles. The predicted molar refractivity (Wildman–Crippen MR) is 112 cm³/mol. The largest absolute Gasteiger partial charge is 0.507 e. The monoisotopic (exact) mass is 394 g/mol. The highest BCUT2D eigenvalue weighted by molar-refractivity contribution is 5.96. The molecule has 5 nitrogen and oxygen atoms in total. The molecule has 153 valence electrons. The lowest BCUT2D eigenvalue weighted by Crippen LogP contribution is -2.19. The molecule has 1 atom stereocenters. The zero-order valence-electron chi connectivity index (χ0n) is 16.9. The molecule has 1 aromatic heterocycles. The molecule has 0 bridgehead atoms. The van der Waals surface area contributed by atoms with Gasteiger partial charge in [-0.1, -0.05) is 31.9 Å². The Kier molecular flexibility index (Phi) is 5.74. The number of fused-ring (bicyclic) bond motifs is 1. The Morgan fingerprint density at radius 2 is 1.97 bits per heavy atom. The highest BCUT2D eigenvalue weighted by Gasteiger charge is 2.38. The van der Waals surface area contributed by atoms with E-state index >= 15 is 0 Å². The summed E-state index contributed by atoms with van der Waals surface area (Å²) in [6, 6.07) is 7.57. The van der Waals surface area contributed by atoms with Gasteiger partial charge in [0.2, 0.25) is 5.91 Å². The van der Waals surface area contributed by atoms with E-state index in [0.29, 0.717) is 29.3 Å². The van der Waals surface area contributed by atoms with E-state index in [-0.39, 0.29) is 17.6 Å². The molecule has 0 aliphatic heterocycles. The van der Waals surface area contributed by atoms with Gasteiger partial charge in [-0.15, -0.1) is 0 Å². The smallest absolute Gasteiger partial charge is 0.343 e. The SMILES string of the molecule is C[CH]C(=O)Nc1cccc([C@H](c2c(O)c3c(oc2=O)CCCCCC3)C2CC2)c1. The van der Waals surface area contributed by atoms with Gasteiger partial charge in [0.1, 0.15) is 11.5 Å². The van der Waals surface area contributed by atoms with Crippen molar-refractivity contribution in [2.24, 2.45) is 5.92 Å². The van der Waals surface area contributed by atoms with Crippen molar-refractivity contribution >= 4 is 11.6 Å². The summed E-state index contributed by atoms with van der Waals surface area (Å²) in [6.07, 6.45) is 9.20. The average Bonchev–Trinajstić information content (AvgIpc) is 3.51. The number of aromatic hydroxyl groups is 1. The first-order chi connectivity index (χ1) is 14.1. The van der Waals surface area contributed by atoms with Crippen molar-refractivity contribution in [1.29, 1.82) is 0 Å². The normalized spacial score (nSPS) is 17.7. The fourth-order valence-electron chi connectivity index (χ4n) is 4.42. The summed E-state index contributed by atoms with van der Waals surface area (Å²) < 4.78 is 5.75. The fourth-order valence-corrected chi connectivity index (χ4v) is 4.42. The zero-order valence-corrected chi connectivity index (χ0v) is 16.9. The number of aryl methyl sites for hydroxylation is 1. The molecular formula is C24H28NO4. The summed E-state index contributed by atoms with van der Waals surface area (Å²) in [5.41, 5.74) is 2.39. The molecule has 1 aromatic carbocycles. The number of hydrogen-bond acceptors (Lipinski definition) is 4. The van der Waals surface area contributed by atoms with Crippen LogP contribution in [0.1, 0.15) is 73.8 Å². The van der Waals surface area contributed by atoms with Crippen LogP contribution in [0.25, 0.3) is 0 Å². The number of benzene rings is 1. The molecule has 2 N–H and O–H groups in total. The molecule has 2 aliphatic carbocycles. The first-order valence-electron chi connectivity index (χ1n) is 10.7. The number of hydrogen-bond donors (Lipinski definition) is 2. The third-order valence-electron chi connectivity index (χ3n) is 6.07. The number of carbonyl (C=O) groups is 1. The van der Waals surface area contributed by atoms with E-state index in [2.05, 4.69) is 5.32 Å². The van der Waals surface area contributed by atoms with Gasteiger partial charge in [0.15, 0.2) is 0 Å². The quantitative estimate of drug-likeness (QED) is 0.770. The van der Waals surface area contributed by atoms with Crippen LogP contribution in [0, 0.1) is 12.3 Å². The summed E-state index contributed by atoms with van der Waals surface area (Å²) in [4.78, 5) is 24.7. The van der Waals surface area contributed by atoms with Crippen LogP contribution in [0.4, 0.5) is 5.69 Å². The number of rotatable bonds is 5. The lowest BCUT2D eigenvalue weighted by Gasteiger charge is -2.22. The van der Waals surface area contributed by atoms with Crippen LogP contribution in [-0.2, 0) is 17.6 Å². The summed E-state index contributed by atoms with van der Waals surface area (Å²) in [5.74, 6) is 0.702. The minimum Gasteiger partial charge on any atom is -0.507 e. The highest BCUT2D eigenvalue weighted by Crippen LogP contribution is 2.49. The van der Waals surface area contributed by atoms with Crippen LogP contribution in [0.15, 0.2) is 33.5 Å². The molecular weight excluding hydrogens is 366 g/mol. The molecule has 5 heteroatoms. The lowest BCUT2D eigenvalue weighted by molar-refractivity contribution is -0.113. The predicted octanol–water partition coefficient (Wildman–Crippen LogP) is 4.71. The minimum absolute atomic E-state index is 0.131. The van der Waals surface area contributed by atoms with Crippen LogP contribution in [0.5, 0.6) is 5.75 Å². The molecule has 1 saturated carbocycles. The zero-order chi connectivity index (χ0) is 20.4. The van der Waals surface area contributed by atoms with Gasteiger partial charge in [0, 0.05) is 30.0 Å². The van der Waals surface area contributed by atoms with Crippen molar-refractivity contribution in [2.75, 3.05) is 5.32 Å². The molecule has 1 heterocycles. The van der Waals surface area contributed by atoms with Crippen molar-refractivity contribution in [3.8, 4) is 5.75 Å². The van der Waals surface area contributed by atoms with Crippen molar-refractivity contribution in [2.45, 2.75) is 64.2 Å². The first-order valence-corrected chi connectivity index (χ1v) is 10.7. The van der Waals surface area contributed by atoms with Crippen LogP contribution in [0.3, 0.4) is 0 Å². The fraction of sp³-hybridized carbons (Fsp3) is 0.458. The van der Waals surface area contributed by atoms with E-state index in [1.807, 2.05) is 24.3 Å². The molecule has 0 spiro atoms. The van der Waals surface area contributed by atoms with Gasteiger partial charge in [-0.05, 0) is 55.7 Å². The minimum atomic E-state index is -0.421. The number of carbonyl (C=O) groups excluding carboxylic acids is 1. The Hall–Kier alpha value is -2.56. The second kappa shape index (κ2) is 8.44. The number of anilines is 1. The van der Waals surface area contributed by atoms with E-state index in [9.17, 15) is 14.7 Å². The van der Waals surface area contributed by atoms with Gasteiger partial charge in [0.05, 0.1) is 5.56 Å². The summed E-state index contributed by atoms with van der Waals surface area (Å²) in [7, 11) is 0. The van der Waals surface area contributed by atoms with Gasteiger partial charge < -0.3 is 14.8 Å². The molecule has 1 radical (unpaired) electrons. The Balaban J connectivity index is 1.77. The third-order valence-corrected chi connectivity index (χ3v) is 6.07. The van der Waals surface area contributed by atoms with Crippen molar-refractivity contribution in [1.82, 2.24) is 0 Å². The molecule has 0 unspecified atom stereocenters. The first kappa shape index (κ1) is 19.7. The Bertz CT molecular complexity index is 958. The number of amides is 1. The highest BCUT2D eigenvalue weighted by atomic mass is 16.4. The van der Waals surface area contributed by atoms with Gasteiger partial charge >= 0.3 is 5.63 Å². The third kappa shape index (κ3) is 4.24. The summed E-state index contributed by atoms with van der Waals surface area (Å²) in [6.45, 7) is 1.69. The topological polar surface area (TPSA) is 79.5 Å². The molecule has 29 heavy (non-hydrogen) atoms. The van der Waals surface area contributed by atoms with E-state index in [4.69, 9.17) is 4.42 Å². The van der Waals surface area contributed by atoms with Crippen LogP contribution < -0.4 is 10.9 Å². The Labute approximate surface area is 171 Å². The van der Waals surface area contributed by atoms with E-state index in [0.717, 1.165) is 56.1 Å². The maximum absolute atomic E-state index is 13.0. The standard InChI is InChI=1S/C24H28NO4/c1-2-20(26)25-17-9-7-8-16(14-17)21(15-12-13-15)22-23(27)18-10-5-3-4-6-11-19(18)29-24(22)28/h2,7-9,14-15,21,27H,3-6,10-13H2,1H3,(H,25,26)/t21-/m1/s1. The molecule has 2 aromatic rings. The summed E-state index contributed by atoms with van der Waals surface area (Å²) in [5, 5.41) is 14.0. The molecule has 1 fully saturated rings. The second-order valence-electron chi connectivity index (χ2n) is 8.19. The average molecular weight is 394 g/mol. The van der Waals surface area contributed by atoms with Crippen LogP contribution in [0.2, 0.25) is 0 Å². The van der Waals surface area contributed by atoms with Gasteiger partial charge in [-0.3, -0.25) is 4.79 Å². The van der Waals surface area contributed by atoms with Crippen molar-refractivity contribution in [3.05, 3.63) is 63.6 Å². The Morgan fingerprint density at radius 3 is 2.69 bits per heavy atom. The van der Waals surface area contributed by atoms with Crippen molar-refractivity contribution < 1.29 is 14.3 Å². The van der Waals surface area contributed by atoms with Crippen LogP contribution >= 0.6 is 0 Å². The van der Waals surface area contributed by atoms with Crippen molar-refractivity contribution in [3.63, 3.8) is 0 Å². The molecule has 2 aliphatic rings. The second-order valence-corrected chi connectivity index (χ2v) is 8.19. The number of nitrogens with one attached hydrogen (secondary N) is 1. The van der Waals surface area contributed by atoms with Gasteiger partial charge in [-0.25, -0.2) is 4.79 Å². The van der Waals surface area contributed by atoms with E-state index in [1.165, 1.54) is 6.42 Å². The van der Waals surface area contributed by atoms with E-state index < -0.39 is 5.63 Å². The van der Waals surface area contributed by atoms with Gasteiger partial charge in [0.25, 0.3) is 0 Å². The van der Waals surface area contributed by atoms with E-state index in [1.54, 1.807) is 6.92 Å².